The molecule has 0 spiro atoms. The first kappa shape index (κ1) is 16.5. The molecule has 0 radical (unpaired) electrons. The summed E-state index contributed by atoms with van der Waals surface area (Å²) in [5, 5.41) is 20.4. The monoisotopic (exact) mass is 416 g/mol. The highest BCUT2D eigenvalue weighted by atomic mass is 79.9. The Hall–Kier alpha value is -2.93. The number of para-hydroxylation sites is 1. The van der Waals surface area contributed by atoms with E-state index >= 15 is 0 Å². The Balaban J connectivity index is 2.07. The average molecular weight is 417 g/mol. The van der Waals surface area contributed by atoms with Gasteiger partial charge in [0.1, 0.15) is 23.1 Å². The minimum absolute atomic E-state index is 0.00227. The Morgan fingerprint density at radius 3 is 2.54 bits per heavy atom. The number of fused-ring (bicyclic) bond motifs is 1. The van der Waals surface area contributed by atoms with Crippen molar-refractivity contribution in [3.63, 3.8) is 0 Å². The lowest BCUT2D eigenvalue weighted by molar-refractivity contribution is 0.429. The molecule has 4 aromatic rings. The van der Waals surface area contributed by atoms with Crippen LogP contribution in [0, 0.1) is 11.6 Å². The fourth-order valence-corrected chi connectivity index (χ4v) is 3.24. The van der Waals surface area contributed by atoms with Crippen LogP contribution < -0.4 is 0 Å². The summed E-state index contributed by atoms with van der Waals surface area (Å²) in [4.78, 5) is 4.46. The molecule has 0 bridgehead atoms. The summed E-state index contributed by atoms with van der Waals surface area (Å²) in [7, 11) is 0. The molecule has 26 heavy (non-hydrogen) atoms. The van der Waals surface area contributed by atoms with Gasteiger partial charge in [0.25, 0.3) is 0 Å². The molecular formula is C19H11BrF2N2O2. The molecule has 2 aromatic heterocycles. The molecule has 7 heteroatoms. The van der Waals surface area contributed by atoms with Crippen molar-refractivity contribution in [3.8, 4) is 34.1 Å². The number of pyridine rings is 1. The highest BCUT2D eigenvalue weighted by Gasteiger charge is 2.21. The second-order valence-electron chi connectivity index (χ2n) is 5.66. The topological polar surface area (TPSA) is 57.8 Å². The quantitative estimate of drug-likeness (QED) is 0.476. The average Bonchev–Trinajstić information content (AvgIpc) is 3.00. The number of nitrogens with zero attached hydrogens (tertiary/aromatic N) is 2. The van der Waals surface area contributed by atoms with E-state index in [2.05, 4.69) is 20.9 Å². The second-order valence-corrected chi connectivity index (χ2v) is 6.51. The first-order chi connectivity index (χ1) is 12.5. The van der Waals surface area contributed by atoms with E-state index in [1.54, 1.807) is 47.0 Å². The molecule has 2 N–H and O–H groups in total. The van der Waals surface area contributed by atoms with Gasteiger partial charge in [0, 0.05) is 17.8 Å². The van der Waals surface area contributed by atoms with Gasteiger partial charge < -0.3 is 10.2 Å². The molecule has 130 valence electrons. The van der Waals surface area contributed by atoms with Gasteiger partial charge in [-0.15, -0.1) is 0 Å². The second kappa shape index (κ2) is 6.10. The fraction of sp³-hybridized carbons (Fsp3) is 0. The maximum absolute atomic E-state index is 13.8. The number of hydrogen-bond acceptors (Lipinski definition) is 3. The van der Waals surface area contributed by atoms with Crippen LogP contribution in [0.1, 0.15) is 0 Å². The maximum atomic E-state index is 13.8. The zero-order valence-corrected chi connectivity index (χ0v) is 14.7. The van der Waals surface area contributed by atoms with Crippen molar-refractivity contribution in [1.82, 2.24) is 9.38 Å². The number of halogens is 3. The van der Waals surface area contributed by atoms with Crippen molar-refractivity contribution in [3.05, 3.63) is 70.8 Å². The minimum atomic E-state index is -1.07. The van der Waals surface area contributed by atoms with Crippen molar-refractivity contribution in [1.29, 1.82) is 0 Å². The van der Waals surface area contributed by atoms with Crippen LogP contribution in [0.3, 0.4) is 0 Å². The summed E-state index contributed by atoms with van der Waals surface area (Å²) < 4.78 is 29.6. The van der Waals surface area contributed by atoms with Crippen LogP contribution in [-0.2, 0) is 0 Å². The number of aromatic hydroxyl groups is 2. The molecule has 0 atom stereocenters. The molecule has 0 aliphatic rings. The van der Waals surface area contributed by atoms with Crippen molar-refractivity contribution >= 4 is 21.4 Å². The number of hydrogen-bond donors (Lipinski definition) is 2. The molecular weight excluding hydrogens is 406 g/mol. The lowest BCUT2D eigenvalue weighted by atomic mass is 10.1. The Labute approximate surface area is 155 Å². The molecule has 0 aliphatic carbocycles. The van der Waals surface area contributed by atoms with E-state index < -0.39 is 17.4 Å². The molecule has 0 unspecified atom stereocenters. The van der Waals surface area contributed by atoms with Crippen molar-refractivity contribution in [2.75, 3.05) is 0 Å². The van der Waals surface area contributed by atoms with Crippen LogP contribution in [0.2, 0.25) is 0 Å². The maximum Gasteiger partial charge on any atom is 0.168 e. The third-order valence-electron chi connectivity index (χ3n) is 4.06. The predicted molar refractivity (Wildman–Crippen MR) is 97.0 cm³/mol. The number of phenols is 2. The van der Waals surface area contributed by atoms with Crippen LogP contribution in [0.4, 0.5) is 8.78 Å². The molecule has 0 saturated heterocycles. The summed E-state index contributed by atoms with van der Waals surface area (Å²) >= 11 is 3.27. The van der Waals surface area contributed by atoms with Gasteiger partial charge in [0.15, 0.2) is 11.6 Å². The van der Waals surface area contributed by atoms with E-state index in [-0.39, 0.29) is 17.1 Å². The van der Waals surface area contributed by atoms with Crippen LogP contribution in [0.15, 0.2) is 59.2 Å². The Morgan fingerprint density at radius 1 is 0.923 bits per heavy atom. The number of phenolic OH excluding ortho intramolecular Hbond substituents is 2. The Morgan fingerprint density at radius 2 is 1.73 bits per heavy atom. The van der Waals surface area contributed by atoms with Gasteiger partial charge in [-0.2, -0.15) is 0 Å². The van der Waals surface area contributed by atoms with E-state index in [0.717, 1.165) is 6.07 Å². The van der Waals surface area contributed by atoms with Gasteiger partial charge in [0.2, 0.25) is 0 Å². The normalized spacial score (nSPS) is 11.2. The van der Waals surface area contributed by atoms with Gasteiger partial charge in [-0.05, 0) is 46.3 Å². The molecule has 2 aromatic carbocycles. The van der Waals surface area contributed by atoms with Crippen molar-refractivity contribution in [2.24, 2.45) is 0 Å². The summed E-state index contributed by atoms with van der Waals surface area (Å²) in [6, 6.07) is 12.0. The van der Waals surface area contributed by atoms with Crippen LogP contribution in [0.25, 0.3) is 28.2 Å². The van der Waals surface area contributed by atoms with E-state index in [9.17, 15) is 19.0 Å². The predicted octanol–water partition coefficient (Wildman–Crippen LogP) is 5.12. The largest absolute Gasteiger partial charge is 0.506 e. The van der Waals surface area contributed by atoms with Gasteiger partial charge in [-0.25, -0.2) is 13.8 Å². The van der Waals surface area contributed by atoms with E-state index in [1.165, 1.54) is 0 Å². The minimum Gasteiger partial charge on any atom is -0.506 e. The fourth-order valence-electron chi connectivity index (χ4n) is 2.87. The highest BCUT2D eigenvalue weighted by Crippen LogP contribution is 2.40. The van der Waals surface area contributed by atoms with E-state index in [1.807, 2.05) is 0 Å². The zero-order valence-electron chi connectivity index (χ0n) is 13.1. The Bertz CT molecular complexity index is 1160. The molecule has 0 aliphatic heterocycles. The van der Waals surface area contributed by atoms with Crippen molar-refractivity contribution < 1.29 is 19.0 Å². The molecule has 2 heterocycles. The third-order valence-corrected chi connectivity index (χ3v) is 4.70. The summed E-state index contributed by atoms with van der Waals surface area (Å²) in [5.41, 5.74) is 1.40. The first-order valence-electron chi connectivity index (χ1n) is 7.60. The standard InChI is InChI=1S/C19H11BrF2N2O2/c20-13-5-3-4-11(17(13)25)16-15-6-1-2-7-24(15)19(23-16)12-8-10(21)9-14(22)18(12)26/h1-9,25-26H. The van der Waals surface area contributed by atoms with Gasteiger partial charge in [0.05, 0.1) is 15.6 Å². The van der Waals surface area contributed by atoms with Crippen LogP contribution in [0.5, 0.6) is 11.5 Å². The highest BCUT2D eigenvalue weighted by molar-refractivity contribution is 9.10. The zero-order chi connectivity index (χ0) is 18.4. The first-order valence-corrected chi connectivity index (χ1v) is 8.40. The third kappa shape index (κ3) is 2.52. The lowest BCUT2D eigenvalue weighted by Crippen LogP contribution is -1.92. The Kier molecular flexibility index (Phi) is 3.88. The summed E-state index contributed by atoms with van der Waals surface area (Å²) in [6.07, 6.45) is 1.67. The number of rotatable bonds is 2. The number of benzene rings is 2. The van der Waals surface area contributed by atoms with Crippen molar-refractivity contribution in [2.45, 2.75) is 0 Å². The molecule has 4 nitrogen and oxygen atoms in total. The van der Waals surface area contributed by atoms with Crippen LogP contribution in [-0.4, -0.2) is 19.6 Å². The molecule has 0 saturated carbocycles. The lowest BCUT2D eigenvalue weighted by Gasteiger charge is -2.05. The van der Waals surface area contributed by atoms with E-state index in [0.29, 0.717) is 27.3 Å². The number of aromatic nitrogens is 2. The molecule has 0 amide bonds. The van der Waals surface area contributed by atoms with E-state index in [4.69, 9.17) is 0 Å². The van der Waals surface area contributed by atoms with Gasteiger partial charge in [-0.3, -0.25) is 4.40 Å². The molecule has 0 fully saturated rings. The van der Waals surface area contributed by atoms with Crippen LogP contribution >= 0.6 is 15.9 Å². The SMILES string of the molecule is Oc1c(F)cc(F)cc1-c1nc(-c2cccc(Br)c2O)c2ccccn12. The number of imidazole rings is 1. The van der Waals surface area contributed by atoms with Gasteiger partial charge in [-0.1, -0.05) is 12.1 Å². The summed E-state index contributed by atoms with van der Waals surface area (Å²) in [5.74, 6) is -2.43. The smallest absolute Gasteiger partial charge is 0.168 e. The molecule has 4 rings (SSSR count). The van der Waals surface area contributed by atoms with Gasteiger partial charge >= 0.3 is 0 Å². The summed E-state index contributed by atoms with van der Waals surface area (Å²) in [6.45, 7) is 0.